The summed E-state index contributed by atoms with van der Waals surface area (Å²) < 4.78 is 28.4. The van der Waals surface area contributed by atoms with Crippen molar-refractivity contribution in [1.82, 2.24) is 15.5 Å². The molecule has 2 fully saturated rings. The first kappa shape index (κ1) is 19.4. The zero-order valence-corrected chi connectivity index (χ0v) is 16.7. The van der Waals surface area contributed by atoms with Crippen LogP contribution in [0.25, 0.3) is 0 Å². The monoisotopic (exact) mass is 397 g/mol. The van der Waals surface area contributed by atoms with E-state index in [1.165, 1.54) is 18.4 Å². The molecule has 2 atom stereocenters. The second-order valence-electron chi connectivity index (χ2n) is 6.99. The van der Waals surface area contributed by atoms with Crippen LogP contribution in [0, 0.1) is 0 Å². The molecule has 0 amide bonds. The molecule has 0 bridgehead atoms. The Morgan fingerprint density at radius 1 is 1.31 bits per heavy atom. The SMILES string of the molecule is COc1ccc([C@H](CNC(=S)N[C@H]2CCS(=O)(=O)C2)N2CCCC2)cc1. The number of nitrogens with one attached hydrogen (secondary N) is 2. The summed E-state index contributed by atoms with van der Waals surface area (Å²) >= 11 is 5.39. The molecule has 1 aromatic carbocycles. The summed E-state index contributed by atoms with van der Waals surface area (Å²) in [7, 11) is -1.24. The molecule has 2 aliphatic heterocycles. The third kappa shape index (κ3) is 5.08. The molecule has 0 spiro atoms. The van der Waals surface area contributed by atoms with E-state index in [1.54, 1.807) is 7.11 Å². The highest BCUT2D eigenvalue weighted by Gasteiger charge is 2.29. The predicted octanol–water partition coefficient (Wildman–Crippen LogP) is 1.48. The molecule has 0 saturated carbocycles. The van der Waals surface area contributed by atoms with Crippen LogP contribution in [-0.2, 0) is 9.84 Å². The number of ether oxygens (including phenoxy) is 1. The smallest absolute Gasteiger partial charge is 0.166 e. The summed E-state index contributed by atoms with van der Waals surface area (Å²) in [5.41, 5.74) is 1.23. The lowest BCUT2D eigenvalue weighted by molar-refractivity contribution is 0.245. The number of likely N-dealkylation sites (tertiary alicyclic amines) is 1. The average molecular weight is 398 g/mol. The van der Waals surface area contributed by atoms with Crippen molar-refractivity contribution in [3.8, 4) is 5.75 Å². The van der Waals surface area contributed by atoms with Gasteiger partial charge in [0.1, 0.15) is 5.75 Å². The van der Waals surface area contributed by atoms with Crippen molar-refractivity contribution in [3.05, 3.63) is 29.8 Å². The average Bonchev–Trinajstić information content (AvgIpc) is 3.25. The van der Waals surface area contributed by atoms with Crippen LogP contribution < -0.4 is 15.4 Å². The van der Waals surface area contributed by atoms with Gasteiger partial charge in [-0.25, -0.2) is 8.42 Å². The number of thiocarbonyl (C=S) groups is 1. The number of benzene rings is 1. The fourth-order valence-electron chi connectivity index (χ4n) is 3.67. The fraction of sp³-hybridized carbons (Fsp3) is 0.611. The number of hydrogen-bond acceptors (Lipinski definition) is 5. The molecule has 144 valence electrons. The van der Waals surface area contributed by atoms with E-state index in [0.29, 0.717) is 18.1 Å². The number of nitrogens with zero attached hydrogens (tertiary/aromatic N) is 1. The zero-order chi connectivity index (χ0) is 18.6. The molecule has 6 nitrogen and oxygen atoms in total. The predicted molar refractivity (Wildman–Crippen MR) is 107 cm³/mol. The lowest BCUT2D eigenvalue weighted by atomic mass is 10.1. The molecule has 2 N–H and O–H groups in total. The number of hydrogen-bond donors (Lipinski definition) is 2. The van der Waals surface area contributed by atoms with Gasteiger partial charge in [0.25, 0.3) is 0 Å². The van der Waals surface area contributed by atoms with Gasteiger partial charge < -0.3 is 15.4 Å². The molecule has 2 heterocycles. The van der Waals surface area contributed by atoms with Crippen molar-refractivity contribution in [3.63, 3.8) is 0 Å². The van der Waals surface area contributed by atoms with Gasteiger partial charge in [0.2, 0.25) is 0 Å². The van der Waals surface area contributed by atoms with Crippen LogP contribution in [-0.4, -0.2) is 62.7 Å². The molecule has 2 aliphatic rings. The van der Waals surface area contributed by atoms with E-state index in [-0.39, 0.29) is 23.6 Å². The Morgan fingerprint density at radius 2 is 2.00 bits per heavy atom. The van der Waals surface area contributed by atoms with Crippen LogP contribution in [0.3, 0.4) is 0 Å². The van der Waals surface area contributed by atoms with Crippen molar-refractivity contribution >= 4 is 27.2 Å². The molecule has 1 aromatic rings. The summed E-state index contributed by atoms with van der Waals surface area (Å²) in [6.45, 7) is 2.86. The Kier molecular flexibility index (Phi) is 6.37. The summed E-state index contributed by atoms with van der Waals surface area (Å²) in [6, 6.07) is 8.32. The van der Waals surface area contributed by atoms with Crippen molar-refractivity contribution < 1.29 is 13.2 Å². The van der Waals surface area contributed by atoms with E-state index >= 15 is 0 Å². The Morgan fingerprint density at radius 3 is 2.58 bits per heavy atom. The van der Waals surface area contributed by atoms with Gasteiger partial charge in [0, 0.05) is 12.6 Å². The van der Waals surface area contributed by atoms with Crippen LogP contribution in [0.2, 0.25) is 0 Å². The van der Waals surface area contributed by atoms with Gasteiger partial charge in [-0.1, -0.05) is 12.1 Å². The Balaban J connectivity index is 1.59. The highest BCUT2D eigenvalue weighted by Crippen LogP contribution is 2.26. The maximum atomic E-state index is 11.6. The first-order valence-corrected chi connectivity index (χ1v) is 11.3. The van der Waals surface area contributed by atoms with Crippen LogP contribution in [0.5, 0.6) is 5.75 Å². The highest BCUT2D eigenvalue weighted by atomic mass is 32.2. The van der Waals surface area contributed by atoms with Gasteiger partial charge in [0.15, 0.2) is 14.9 Å². The van der Waals surface area contributed by atoms with E-state index in [2.05, 4.69) is 27.7 Å². The standard InChI is InChI=1S/C18H27N3O3S2/c1-24-16-6-4-14(5-7-16)17(21-9-2-3-10-21)12-19-18(25)20-15-8-11-26(22,23)13-15/h4-7,15,17H,2-3,8-13H2,1H3,(H2,19,20,25)/t15-,17-/m0/s1. The Labute approximate surface area is 161 Å². The molecule has 8 heteroatoms. The molecular formula is C18H27N3O3S2. The van der Waals surface area contributed by atoms with E-state index in [4.69, 9.17) is 17.0 Å². The molecule has 3 rings (SSSR count). The van der Waals surface area contributed by atoms with Gasteiger partial charge in [-0.2, -0.15) is 0 Å². The molecule has 0 unspecified atom stereocenters. The molecule has 26 heavy (non-hydrogen) atoms. The van der Waals surface area contributed by atoms with Gasteiger partial charge >= 0.3 is 0 Å². The van der Waals surface area contributed by atoms with Crippen molar-refractivity contribution in [2.24, 2.45) is 0 Å². The summed E-state index contributed by atoms with van der Waals surface area (Å²) in [5.74, 6) is 1.26. The minimum absolute atomic E-state index is 0.0776. The summed E-state index contributed by atoms with van der Waals surface area (Å²) in [6.07, 6.45) is 3.06. The Bertz CT molecular complexity index is 716. The van der Waals surface area contributed by atoms with Crippen molar-refractivity contribution in [1.29, 1.82) is 0 Å². The van der Waals surface area contributed by atoms with E-state index in [9.17, 15) is 8.42 Å². The van der Waals surface area contributed by atoms with Crippen LogP contribution >= 0.6 is 12.2 Å². The lowest BCUT2D eigenvalue weighted by Gasteiger charge is -2.29. The maximum Gasteiger partial charge on any atom is 0.166 e. The van der Waals surface area contributed by atoms with Crippen molar-refractivity contribution in [2.45, 2.75) is 31.3 Å². The van der Waals surface area contributed by atoms with Gasteiger partial charge in [-0.15, -0.1) is 0 Å². The van der Waals surface area contributed by atoms with Crippen LogP contribution in [0.1, 0.15) is 30.9 Å². The molecular weight excluding hydrogens is 370 g/mol. The largest absolute Gasteiger partial charge is 0.497 e. The van der Waals surface area contributed by atoms with Crippen LogP contribution in [0.15, 0.2) is 24.3 Å². The highest BCUT2D eigenvalue weighted by molar-refractivity contribution is 7.91. The van der Waals surface area contributed by atoms with E-state index in [1.807, 2.05) is 12.1 Å². The van der Waals surface area contributed by atoms with E-state index < -0.39 is 9.84 Å². The number of sulfone groups is 1. The summed E-state index contributed by atoms with van der Waals surface area (Å²) in [5, 5.41) is 6.98. The number of methoxy groups -OCH3 is 1. The maximum absolute atomic E-state index is 11.6. The Hall–Kier alpha value is -1.38. The molecule has 0 aliphatic carbocycles. The minimum atomic E-state index is -2.91. The fourth-order valence-corrected chi connectivity index (χ4v) is 5.60. The quantitative estimate of drug-likeness (QED) is 0.705. The van der Waals surface area contributed by atoms with E-state index in [0.717, 1.165) is 18.8 Å². The topological polar surface area (TPSA) is 70.7 Å². The lowest BCUT2D eigenvalue weighted by Crippen LogP contribution is -2.45. The third-order valence-corrected chi connectivity index (χ3v) is 7.14. The minimum Gasteiger partial charge on any atom is -0.497 e. The summed E-state index contributed by atoms with van der Waals surface area (Å²) in [4.78, 5) is 2.47. The van der Waals surface area contributed by atoms with Gasteiger partial charge in [-0.3, -0.25) is 4.90 Å². The molecule has 2 saturated heterocycles. The zero-order valence-electron chi connectivity index (χ0n) is 15.1. The second kappa shape index (κ2) is 8.54. The first-order chi connectivity index (χ1) is 12.5. The molecule has 0 radical (unpaired) electrons. The third-order valence-electron chi connectivity index (χ3n) is 5.11. The number of rotatable bonds is 6. The van der Waals surface area contributed by atoms with Gasteiger partial charge in [-0.05, 0) is 62.3 Å². The second-order valence-corrected chi connectivity index (χ2v) is 9.62. The van der Waals surface area contributed by atoms with Gasteiger partial charge in [0.05, 0.1) is 24.7 Å². The van der Waals surface area contributed by atoms with Crippen molar-refractivity contribution in [2.75, 3.05) is 38.2 Å². The molecule has 0 aromatic heterocycles. The first-order valence-electron chi connectivity index (χ1n) is 9.09. The van der Waals surface area contributed by atoms with Crippen LogP contribution in [0.4, 0.5) is 0 Å². The normalized spacial score (nSPS) is 23.5.